The molecule has 1 aromatic heterocycles. The van der Waals surface area contributed by atoms with Gasteiger partial charge >= 0.3 is 5.69 Å². The lowest BCUT2D eigenvalue weighted by molar-refractivity contribution is -0.117. The molecule has 0 aliphatic rings. The summed E-state index contributed by atoms with van der Waals surface area (Å²) in [5.41, 5.74) is -0.547. The number of aryl methyl sites for hydroxylation is 1. The minimum atomic E-state index is -0.588. The molecule has 9 heteroatoms. The number of carbonyl (C=O) groups is 1. The van der Waals surface area contributed by atoms with Gasteiger partial charge in [-0.05, 0) is 19.3 Å². The fraction of sp³-hybridized carbons (Fsp3) is 0.462. The van der Waals surface area contributed by atoms with Gasteiger partial charge in [0.1, 0.15) is 0 Å². The standard InChI is InChI=1S/C13H19N3O4S2/c1-8-10(12(19)16-13(20)14-8)3-4-11(18)15-9(5-17)6-22-7-21-2/h3-4,9,17H,5-7H2,1-2H3,(H,15,18)(H2,14,16,19,20)/b4-3-/t9-/m1/s1. The van der Waals surface area contributed by atoms with Crippen LogP contribution in [0.15, 0.2) is 15.7 Å². The summed E-state index contributed by atoms with van der Waals surface area (Å²) in [5.74, 6) is 0.198. The van der Waals surface area contributed by atoms with Gasteiger partial charge in [0.2, 0.25) is 5.91 Å². The first-order chi connectivity index (χ1) is 10.5. The van der Waals surface area contributed by atoms with Crippen LogP contribution in [0.5, 0.6) is 0 Å². The minimum Gasteiger partial charge on any atom is -0.394 e. The van der Waals surface area contributed by atoms with Crippen molar-refractivity contribution >= 4 is 35.5 Å². The maximum absolute atomic E-state index is 11.8. The van der Waals surface area contributed by atoms with Gasteiger partial charge in [-0.15, -0.1) is 11.8 Å². The van der Waals surface area contributed by atoms with E-state index in [1.54, 1.807) is 30.4 Å². The SMILES string of the molecule is CSCSC[C@@H](CO)NC(=O)/C=C\c1c(C)[nH]c(=O)[nH]c1=O. The molecule has 22 heavy (non-hydrogen) atoms. The van der Waals surface area contributed by atoms with Gasteiger partial charge in [-0.25, -0.2) is 4.79 Å². The van der Waals surface area contributed by atoms with Gasteiger partial charge in [-0.1, -0.05) is 0 Å². The third kappa shape index (κ3) is 6.12. The maximum atomic E-state index is 11.8. The Morgan fingerprint density at radius 1 is 1.41 bits per heavy atom. The van der Waals surface area contributed by atoms with E-state index in [9.17, 15) is 19.5 Å². The van der Waals surface area contributed by atoms with Crippen molar-refractivity contribution in [1.82, 2.24) is 15.3 Å². The highest BCUT2D eigenvalue weighted by molar-refractivity contribution is 8.15. The average Bonchev–Trinajstić information content (AvgIpc) is 2.45. The van der Waals surface area contributed by atoms with Gasteiger partial charge < -0.3 is 15.4 Å². The molecule has 1 amide bonds. The van der Waals surface area contributed by atoms with E-state index in [0.717, 1.165) is 5.08 Å². The third-order valence-electron chi connectivity index (χ3n) is 2.67. The van der Waals surface area contributed by atoms with Crippen LogP contribution in [-0.4, -0.2) is 50.7 Å². The van der Waals surface area contributed by atoms with E-state index in [2.05, 4.69) is 15.3 Å². The molecule has 1 heterocycles. The van der Waals surface area contributed by atoms with Gasteiger partial charge in [0.05, 0.1) is 18.2 Å². The van der Waals surface area contributed by atoms with E-state index in [1.165, 1.54) is 12.2 Å². The highest BCUT2D eigenvalue weighted by atomic mass is 32.2. The highest BCUT2D eigenvalue weighted by Gasteiger charge is 2.10. The number of aromatic amines is 2. The Hall–Kier alpha value is -1.45. The van der Waals surface area contributed by atoms with Crippen molar-refractivity contribution in [3.05, 3.63) is 38.2 Å². The molecule has 0 unspecified atom stereocenters. The van der Waals surface area contributed by atoms with Gasteiger partial charge in [-0.2, -0.15) is 11.8 Å². The summed E-state index contributed by atoms with van der Waals surface area (Å²) in [6.45, 7) is 1.42. The number of aliphatic hydroxyl groups is 1. The first kappa shape index (κ1) is 18.6. The molecule has 0 radical (unpaired) electrons. The Labute approximate surface area is 136 Å². The first-order valence-corrected chi connectivity index (χ1v) is 9.02. The van der Waals surface area contributed by atoms with E-state index in [1.807, 2.05) is 6.26 Å². The molecule has 1 rings (SSSR count). The van der Waals surface area contributed by atoms with Crippen LogP contribution < -0.4 is 16.6 Å². The third-order valence-corrected chi connectivity index (χ3v) is 4.91. The van der Waals surface area contributed by atoms with Crippen LogP contribution in [0.25, 0.3) is 6.08 Å². The van der Waals surface area contributed by atoms with Crippen molar-refractivity contribution in [3.8, 4) is 0 Å². The van der Waals surface area contributed by atoms with Crippen LogP contribution in [0.2, 0.25) is 0 Å². The van der Waals surface area contributed by atoms with Gasteiger partial charge in [0.25, 0.3) is 5.56 Å². The molecular weight excluding hydrogens is 326 g/mol. The van der Waals surface area contributed by atoms with Crippen LogP contribution in [0, 0.1) is 6.92 Å². The number of H-pyrrole nitrogens is 2. The fourth-order valence-corrected chi connectivity index (χ4v) is 3.16. The highest BCUT2D eigenvalue weighted by Crippen LogP contribution is 2.09. The summed E-state index contributed by atoms with van der Waals surface area (Å²) < 4.78 is 0. The summed E-state index contributed by atoms with van der Waals surface area (Å²) in [5, 5.41) is 12.8. The van der Waals surface area contributed by atoms with E-state index in [4.69, 9.17) is 0 Å². The lowest BCUT2D eigenvalue weighted by Crippen LogP contribution is -2.38. The normalized spacial score (nSPS) is 12.5. The molecule has 122 valence electrons. The molecule has 0 spiro atoms. The lowest BCUT2D eigenvalue weighted by Gasteiger charge is -2.14. The van der Waals surface area contributed by atoms with Gasteiger partial charge in [0.15, 0.2) is 0 Å². The Morgan fingerprint density at radius 3 is 2.73 bits per heavy atom. The molecular formula is C13H19N3O4S2. The summed E-state index contributed by atoms with van der Waals surface area (Å²) in [6, 6.07) is -0.343. The van der Waals surface area contributed by atoms with Crippen molar-refractivity contribution in [2.75, 3.05) is 23.7 Å². The number of aliphatic hydroxyl groups excluding tert-OH is 1. The Morgan fingerprint density at radius 2 is 2.14 bits per heavy atom. The summed E-state index contributed by atoms with van der Waals surface area (Å²) in [7, 11) is 0. The van der Waals surface area contributed by atoms with E-state index >= 15 is 0 Å². The zero-order chi connectivity index (χ0) is 16.5. The Balaban J connectivity index is 2.68. The summed E-state index contributed by atoms with van der Waals surface area (Å²) >= 11 is 3.29. The van der Waals surface area contributed by atoms with Crippen LogP contribution in [0.3, 0.4) is 0 Å². The van der Waals surface area contributed by atoms with Crippen molar-refractivity contribution in [3.63, 3.8) is 0 Å². The van der Waals surface area contributed by atoms with E-state index in [-0.39, 0.29) is 18.2 Å². The molecule has 0 aliphatic carbocycles. The number of nitrogens with one attached hydrogen (secondary N) is 3. The number of hydrogen-bond donors (Lipinski definition) is 4. The van der Waals surface area contributed by atoms with Crippen LogP contribution in [-0.2, 0) is 4.79 Å². The molecule has 0 saturated heterocycles. The van der Waals surface area contributed by atoms with Crippen molar-refractivity contribution in [2.45, 2.75) is 13.0 Å². The Kier molecular flexibility index (Phi) is 8.07. The maximum Gasteiger partial charge on any atom is 0.325 e. The molecule has 4 N–H and O–H groups in total. The van der Waals surface area contributed by atoms with E-state index in [0.29, 0.717) is 11.4 Å². The molecule has 0 saturated carbocycles. The first-order valence-electron chi connectivity index (χ1n) is 6.47. The van der Waals surface area contributed by atoms with E-state index < -0.39 is 17.2 Å². The largest absolute Gasteiger partial charge is 0.394 e. The van der Waals surface area contributed by atoms with Crippen LogP contribution >= 0.6 is 23.5 Å². The predicted octanol–water partition coefficient (Wildman–Crippen LogP) is -0.0844. The van der Waals surface area contributed by atoms with Crippen LogP contribution in [0.4, 0.5) is 0 Å². The molecule has 0 aromatic carbocycles. The van der Waals surface area contributed by atoms with Gasteiger partial charge in [0, 0.05) is 22.6 Å². The smallest absolute Gasteiger partial charge is 0.325 e. The average molecular weight is 345 g/mol. The van der Waals surface area contributed by atoms with Crippen LogP contribution in [0.1, 0.15) is 11.3 Å². The molecule has 1 atom stereocenters. The second-order valence-electron chi connectivity index (χ2n) is 4.45. The second-order valence-corrected chi connectivity index (χ2v) is 6.71. The monoisotopic (exact) mass is 345 g/mol. The zero-order valence-electron chi connectivity index (χ0n) is 12.3. The molecule has 0 fully saturated rings. The molecule has 0 bridgehead atoms. The number of carbonyl (C=O) groups excluding carboxylic acids is 1. The number of hydrogen-bond acceptors (Lipinski definition) is 6. The predicted molar refractivity (Wildman–Crippen MR) is 91.3 cm³/mol. The molecule has 7 nitrogen and oxygen atoms in total. The van der Waals surface area contributed by atoms with Gasteiger partial charge in [-0.3, -0.25) is 14.6 Å². The number of thioether (sulfide) groups is 2. The minimum absolute atomic E-state index is 0.154. The number of aromatic nitrogens is 2. The van der Waals surface area contributed by atoms with Crippen molar-refractivity contribution in [1.29, 1.82) is 0 Å². The number of amides is 1. The fourth-order valence-electron chi connectivity index (χ4n) is 1.63. The van der Waals surface area contributed by atoms with Crippen molar-refractivity contribution < 1.29 is 9.90 Å². The summed E-state index contributed by atoms with van der Waals surface area (Å²) in [4.78, 5) is 39.0. The summed E-state index contributed by atoms with van der Waals surface area (Å²) in [6.07, 6.45) is 4.52. The number of rotatable bonds is 8. The van der Waals surface area contributed by atoms with Crippen molar-refractivity contribution in [2.24, 2.45) is 0 Å². The molecule has 0 aliphatic heterocycles. The Bertz CT molecular complexity index is 639. The zero-order valence-corrected chi connectivity index (χ0v) is 14.0. The second kappa shape index (κ2) is 9.54. The lowest BCUT2D eigenvalue weighted by atomic mass is 10.2. The quantitative estimate of drug-likeness (QED) is 0.297. The topological polar surface area (TPSA) is 115 Å². The molecule has 1 aromatic rings.